The van der Waals surface area contributed by atoms with Crippen molar-refractivity contribution in [2.24, 2.45) is 5.92 Å². The Hall–Kier alpha value is -2.69. The van der Waals surface area contributed by atoms with Crippen LogP contribution in [-0.2, 0) is 9.59 Å². The predicted octanol–water partition coefficient (Wildman–Crippen LogP) is 1.87. The van der Waals surface area contributed by atoms with Crippen LogP contribution in [0, 0.1) is 5.92 Å². The molecule has 0 bridgehead atoms. The Kier molecular flexibility index (Phi) is 2.95. The number of carbonyl (C=O) groups excluding carboxylic acids is 1. The van der Waals surface area contributed by atoms with Crippen LogP contribution < -0.4 is 4.90 Å². The number of carbonyl (C=O) groups is 2. The summed E-state index contributed by atoms with van der Waals surface area (Å²) in [5.41, 5.74) is 1.48. The molecular weight excluding hydrogens is 256 g/mol. The van der Waals surface area contributed by atoms with E-state index in [9.17, 15) is 14.7 Å². The van der Waals surface area contributed by atoms with Gasteiger partial charge in [-0.1, -0.05) is 18.2 Å². The van der Waals surface area contributed by atoms with Crippen molar-refractivity contribution in [2.75, 3.05) is 4.90 Å². The van der Waals surface area contributed by atoms with Crippen molar-refractivity contribution in [1.29, 1.82) is 0 Å². The van der Waals surface area contributed by atoms with Crippen LogP contribution in [0.25, 0.3) is 0 Å². The molecule has 3 rings (SSSR count). The van der Waals surface area contributed by atoms with E-state index < -0.39 is 17.9 Å². The number of carboxylic acids is 1. The molecule has 1 fully saturated rings. The van der Waals surface area contributed by atoms with Crippen LogP contribution in [0.5, 0.6) is 0 Å². The smallest absolute Gasteiger partial charge is 0.318 e. The average molecular weight is 268 g/mol. The molecule has 1 saturated heterocycles. The highest BCUT2D eigenvalue weighted by molar-refractivity contribution is 6.13. The van der Waals surface area contributed by atoms with E-state index in [0.29, 0.717) is 5.69 Å². The summed E-state index contributed by atoms with van der Waals surface area (Å²) < 4.78 is 0. The highest BCUT2D eigenvalue weighted by Gasteiger charge is 2.53. The van der Waals surface area contributed by atoms with Crippen LogP contribution in [-0.4, -0.2) is 22.0 Å². The van der Waals surface area contributed by atoms with E-state index in [0.717, 1.165) is 5.56 Å². The number of pyridine rings is 1. The molecule has 5 heteroatoms. The number of hydrogen-bond acceptors (Lipinski definition) is 3. The molecule has 0 spiro atoms. The molecule has 20 heavy (non-hydrogen) atoms. The second-order valence-electron chi connectivity index (χ2n) is 4.59. The summed E-state index contributed by atoms with van der Waals surface area (Å²) in [5, 5.41) is 9.24. The molecule has 1 amide bonds. The minimum atomic E-state index is -1.09. The van der Waals surface area contributed by atoms with Crippen molar-refractivity contribution in [2.45, 2.75) is 6.04 Å². The first-order valence-corrected chi connectivity index (χ1v) is 6.21. The number of β-lactam (4-membered cyclic amide) rings is 1. The molecule has 0 radical (unpaired) electrons. The fourth-order valence-corrected chi connectivity index (χ4v) is 2.51. The van der Waals surface area contributed by atoms with E-state index >= 15 is 0 Å². The number of carboxylic acid groups (broad SMARTS) is 1. The maximum Gasteiger partial charge on any atom is 0.318 e. The van der Waals surface area contributed by atoms with Gasteiger partial charge in [-0.05, 0) is 29.8 Å². The maximum absolute atomic E-state index is 12.1. The zero-order chi connectivity index (χ0) is 14.1. The number of aromatic nitrogens is 1. The fraction of sp³-hybridized carbons (Fsp3) is 0.133. The Labute approximate surface area is 115 Å². The number of amides is 1. The summed E-state index contributed by atoms with van der Waals surface area (Å²) in [5.74, 6) is -2.51. The van der Waals surface area contributed by atoms with Crippen molar-refractivity contribution >= 4 is 17.6 Å². The van der Waals surface area contributed by atoms with E-state index in [1.54, 1.807) is 36.7 Å². The lowest BCUT2D eigenvalue weighted by atomic mass is 9.82. The third-order valence-electron chi connectivity index (χ3n) is 3.45. The van der Waals surface area contributed by atoms with Crippen LogP contribution in [0.3, 0.4) is 0 Å². The minimum Gasteiger partial charge on any atom is -0.481 e. The molecule has 1 aliphatic rings. The molecule has 5 nitrogen and oxygen atoms in total. The first-order valence-electron chi connectivity index (χ1n) is 6.21. The van der Waals surface area contributed by atoms with Crippen molar-refractivity contribution in [1.82, 2.24) is 4.98 Å². The molecular formula is C15H12N2O3. The van der Waals surface area contributed by atoms with Gasteiger partial charge in [-0.3, -0.25) is 14.6 Å². The topological polar surface area (TPSA) is 70.5 Å². The SMILES string of the molecule is O=C(O)[C@@H]1C(=O)N(c2ccccc2)[C@H]1c1ccncc1. The maximum atomic E-state index is 12.1. The molecule has 100 valence electrons. The van der Waals surface area contributed by atoms with Gasteiger partial charge in [0.05, 0.1) is 6.04 Å². The van der Waals surface area contributed by atoms with Gasteiger partial charge in [0.1, 0.15) is 0 Å². The molecule has 0 saturated carbocycles. The average Bonchev–Trinajstić information content (AvgIpc) is 2.46. The van der Waals surface area contributed by atoms with Crippen LogP contribution >= 0.6 is 0 Å². The van der Waals surface area contributed by atoms with Crippen molar-refractivity contribution < 1.29 is 14.7 Å². The predicted molar refractivity (Wildman–Crippen MR) is 72.0 cm³/mol. The minimum absolute atomic E-state index is 0.384. The molecule has 2 heterocycles. The number of anilines is 1. The highest BCUT2D eigenvalue weighted by atomic mass is 16.4. The Morgan fingerprint density at radius 3 is 2.35 bits per heavy atom. The van der Waals surface area contributed by atoms with E-state index in [-0.39, 0.29) is 5.91 Å². The standard InChI is InChI=1S/C15H12N2O3/c18-14-12(15(19)20)13(10-6-8-16-9-7-10)17(14)11-4-2-1-3-5-11/h1-9,12-13H,(H,19,20)/t12-,13-/m0/s1. The number of aliphatic carboxylic acids is 1. The number of para-hydroxylation sites is 1. The lowest BCUT2D eigenvalue weighted by molar-refractivity contribution is -0.152. The van der Waals surface area contributed by atoms with Gasteiger partial charge in [-0.2, -0.15) is 0 Å². The van der Waals surface area contributed by atoms with Gasteiger partial charge < -0.3 is 10.0 Å². The lowest BCUT2D eigenvalue weighted by Gasteiger charge is -2.45. The van der Waals surface area contributed by atoms with E-state index in [2.05, 4.69) is 4.98 Å². The van der Waals surface area contributed by atoms with E-state index in [1.807, 2.05) is 18.2 Å². The second-order valence-corrected chi connectivity index (χ2v) is 4.59. The van der Waals surface area contributed by atoms with Gasteiger partial charge in [0, 0.05) is 18.1 Å². The van der Waals surface area contributed by atoms with Gasteiger partial charge in [0.25, 0.3) is 0 Å². The molecule has 2 atom stereocenters. The molecule has 2 aromatic rings. The molecule has 0 aliphatic carbocycles. The van der Waals surface area contributed by atoms with Crippen molar-refractivity contribution in [3.63, 3.8) is 0 Å². The third-order valence-corrected chi connectivity index (χ3v) is 3.45. The van der Waals surface area contributed by atoms with Gasteiger partial charge >= 0.3 is 5.97 Å². The van der Waals surface area contributed by atoms with E-state index in [1.165, 1.54) is 4.90 Å². The van der Waals surface area contributed by atoms with Gasteiger partial charge in [0.2, 0.25) is 5.91 Å². The first kappa shape index (κ1) is 12.3. The molecule has 1 N–H and O–H groups in total. The van der Waals surface area contributed by atoms with Gasteiger partial charge in [0.15, 0.2) is 5.92 Å². The van der Waals surface area contributed by atoms with Gasteiger partial charge in [-0.25, -0.2) is 0 Å². The van der Waals surface area contributed by atoms with Crippen LogP contribution in [0.1, 0.15) is 11.6 Å². The Morgan fingerprint density at radius 2 is 1.75 bits per heavy atom. The Morgan fingerprint density at radius 1 is 1.10 bits per heavy atom. The zero-order valence-corrected chi connectivity index (χ0v) is 10.5. The first-order chi connectivity index (χ1) is 9.70. The molecule has 1 aromatic carbocycles. The molecule has 1 aliphatic heterocycles. The van der Waals surface area contributed by atoms with Crippen molar-refractivity contribution in [3.8, 4) is 0 Å². The summed E-state index contributed by atoms with van der Waals surface area (Å²) in [4.78, 5) is 28.9. The summed E-state index contributed by atoms with van der Waals surface area (Å²) in [6, 6.07) is 12.1. The largest absolute Gasteiger partial charge is 0.481 e. The van der Waals surface area contributed by atoms with Crippen LogP contribution in [0.15, 0.2) is 54.9 Å². The summed E-state index contributed by atoms with van der Waals surface area (Å²) in [7, 11) is 0. The zero-order valence-electron chi connectivity index (χ0n) is 10.5. The van der Waals surface area contributed by atoms with Crippen LogP contribution in [0.2, 0.25) is 0 Å². The third kappa shape index (κ3) is 1.84. The molecule has 0 unspecified atom stereocenters. The number of hydrogen-bond donors (Lipinski definition) is 1. The second kappa shape index (κ2) is 4.77. The van der Waals surface area contributed by atoms with Crippen LogP contribution in [0.4, 0.5) is 5.69 Å². The van der Waals surface area contributed by atoms with Gasteiger partial charge in [-0.15, -0.1) is 0 Å². The molecule has 1 aromatic heterocycles. The van der Waals surface area contributed by atoms with Crippen molar-refractivity contribution in [3.05, 3.63) is 60.4 Å². The normalized spacial score (nSPS) is 21.4. The summed E-state index contributed by atoms with van der Waals surface area (Å²) >= 11 is 0. The number of rotatable bonds is 3. The monoisotopic (exact) mass is 268 g/mol. The Balaban J connectivity index is 2.02. The fourth-order valence-electron chi connectivity index (χ4n) is 2.51. The quantitative estimate of drug-likeness (QED) is 0.681. The van der Waals surface area contributed by atoms with E-state index in [4.69, 9.17) is 0 Å². The summed E-state index contributed by atoms with van der Waals surface area (Å²) in [6.07, 6.45) is 3.19. The number of nitrogens with zero attached hydrogens (tertiary/aromatic N) is 2. The lowest BCUT2D eigenvalue weighted by Crippen LogP contribution is -2.58. The number of benzene rings is 1. The highest BCUT2D eigenvalue weighted by Crippen LogP contribution is 2.43. The summed E-state index contributed by atoms with van der Waals surface area (Å²) in [6.45, 7) is 0. The Bertz CT molecular complexity index is 643.